The predicted molar refractivity (Wildman–Crippen MR) is 53.7 cm³/mol. The summed E-state index contributed by atoms with van der Waals surface area (Å²) in [6.45, 7) is 5.52. The SMILES string of the molecule is CC(CNCCCC(F)(F)F)C1CNC1. The van der Waals surface area contributed by atoms with E-state index in [2.05, 4.69) is 17.6 Å². The highest BCUT2D eigenvalue weighted by molar-refractivity contribution is 4.80. The number of nitrogens with one attached hydrogen (secondary N) is 2. The first kappa shape index (κ1) is 12.8. The van der Waals surface area contributed by atoms with Crippen LogP contribution in [-0.2, 0) is 0 Å². The summed E-state index contributed by atoms with van der Waals surface area (Å²) < 4.78 is 35.4. The maximum Gasteiger partial charge on any atom is 0.389 e. The molecule has 0 aromatic rings. The van der Waals surface area contributed by atoms with Gasteiger partial charge in [0, 0.05) is 6.42 Å². The van der Waals surface area contributed by atoms with E-state index < -0.39 is 12.6 Å². The maximum atomic E-state index is 11.8. The third-order valence-electron chi connectivity index (χ3n) is 2.90. The molecular weight excluding hydrogens is 205 g/mol. The smallest absolute Gasteiger partial charge is 0.316 e. The van der Waals surface area contributed by atoms with Gasteiger partial charge in [-0.3, -0.25) is 0 Å². The van der Waals surface area contributed by atoms with Gasteiger partial charge in [0.25, 0.3) is 0 Å². The van der Waals surface area contributed by atoms with Crippen LogP contribution in [0.15, 0.2) is 0 Å². The van der Waals surface area contributed by atoms with Crippen LogP contribution in [0.1, 0.15) is 19.8 Å². The van der Waals surface area contributed by atoms with Gasteiger partial charge >= 0.3 is 6.18 Å². The van der Waals surface area contributed by atoms with Gasteiger partial charge in [-0.15, -0.1) is 0 Å². The molecule has 1 rings (SSSR count). The second kappa shape index (κ2) is 5.70. The lowest BCUT2D eigenvalue weighted by Gasteiger charge is -2.32. The summed E-state index contributed by atoms with van der Waals surface area (Å²) in [5.74, 6) is 1.25. The standard InChI is InChI=1S/C10H19F3N2/c1-8(9-6-15-7-9)5-14-4-2-3-10(11,12)13/h8-9,14-15H,2-7H2,1H3. The van der Waals surface area contributed by atoms with Crippen LogP contribution < -0.4 is 10.6 Å². The van der Waals surface area contributed by atoms with E-state index in [9.17, 15) is 13.2 Å². The Balaban J connectivity index is 1.92. The largest absolute Gasteiger partial charge is 0.389 e. The van der Waals surface area contributed by atoms with E-state index in [0.29, 0.717) is 18.4 Å². The van der Waals surface area contributed by atoms with Crippen molar-refractivity contribution >= 4 is 0 Å². The van der Waals surface area contributed by atoms with Gasteiger partial charge in [0.15, 0.2) is 0 Å². The molecule has 1 atom stereocenters. The minimum absolute atomic E-state index is 0.180. The first-order valence-electron chi connectivity index (χ1n) is 5.47. The zero-order valence-corrected chi connectivity index (χ0v) is 9.03. The molecule has 1 aliphatic rings. The van der Waals surface area contributed by atoms with Crippen LogP contribution >= 0.6 is 0 Å². The Morgan fingerprint density at radius 2 is 2.07 bits per heavy atom. The summed E-state index contributed by atoms with van der Waals surface area (Å²) in [6.07, 6.45) is -4.51. The normalized spacial score (nSPS) is 20.0. The number of halogens is 3. The molecule has 2 nitrogen and oxygen atoms in total. The van der Waals surface area contributed by atoms with Crippen LogP contribution in [0, 0.1) is 11.8 Å². The first-order valence-corrected chi connectivity index (χ1v) is 5.47. The van der Waals surface area contributed by atoms with Gasteiger partial charge in [0.2, 0.25) is 0 Å². The van der Waals surface area contributed by atoms with Gasteiger partial charge in [0.05, 0.1) is 0 Å². The minimum Gasteiger partial charge on any atom is -0.316 e. The van der Waals surface area contributed by atoms with E-state index >= 15 is 0 Å². The van der Waals surface area contributed by atoms with Crippen molar-refractivity contribution < 1.29 is 13.2 Å². The highest BCUT2D eigenvalue weighted by Gasteiger charge is 2.26. The molecule has 0 spiro atoms. The molecule has 1 unspecified atom stereocenters. The molecule has 0 radical (unpaired) electrons. The fourth-order valence-corrected chi connectivity index (χ4v) is 1.62. The van der Waals surface area contributed by atoms with Crippen molar-refractivity contribution in [3.8, 4) is 0 Å². The van der Waals surface area contributed by atoms with Crippen molar-refractivity contribution in [3.05, 3.63) is 0 Å². The summed E-state index contributed by atoms with van der Waals surface area (Å²) in [5.41, 5.74) is 0. The van der Waals surface area contributed by atoms with E-state index in [1.54, 1.807) is 0 Å². The second-order valence-electron chi connectivity index (χ2n) is 4.32. The van der Waals surface area contributed by atoms with Crippen LogP contribution in [0.2, 0.25) is 0 Å². The molecule has 1 aliphatic heterocycles. The van der Waals surface area contributed by atoms with Crippen LogP contribution in [0.4, 0.5) is 13.2 Å². The van der Waals surface area contributed by atoms with Crippen molar-refractivity contribution in [2.45, 2.75) is 25.9 Å². The van der Waals surface area contributed by atoms with Crippen LogP contribution in [0.25, 0.3) is 0 Å². The van der Waals surface area contributed by atoms with Crippen molar-refractivity contribution in [2.75, 3.05) is 26.2 Å². The molecule has 0 bridgehead atoms. The summed E-state index contributed by atoms with van der Waals surface area (Å²) in [7, 11) is 0. The summed E-state index contributed by atoms with van der Waals surface area (Å²) in [4.78, 5) is 0. The summed E-state index contributed by atoms with van der Waals surface area (Å²) in [5, 5.41) is 6.27. The Kier molecular flexibility index (Phi) is 4.86. The van der Waals surface area contributed by atoms with Gasteiger partial charge in [-0.05, 0) is 44.4 Å². The predicted octanol–water partition coefficient (Wildman–Crippen LogP) is 1.77. The van der Waals surface area contributed by atoms with E-state index in [4.69, 9.17) is 0 Å². The Bertz CT molecular complexity index is 178. The van der Waals surface area contributed by atoms with Gasteiger partial charge < -0.3 is 10.6 Å². The van der Waals surface area contributed by atoms with Gasteiger partial charge in [0.1, 0.15) is 0 Å². The monoisotopic (exact) mass is 224 g/mol. The lowest BCUT2D eigenvalue weighted by Crippen LogP contribution is -2.47. The van der Waals surface area contributed by atoms with E-state index in [1.807, 2.05) is 0 Å². The van der Waals surface area contributed by atoms with E-state index in [1.165, 1.54) is 0 Å². The maximum absolute atomic E-state index is 11.8. The zero-order valence-electron chi connectivity index (χ0n) is 9.03. The van der Waals surface area contributed by atoms with E-state index in [0.717, 1.165) is 19.6 Å². The van der Waals surface area contributed by atoms with Crippen molar-refractivity contribution in [2.24, 2.45) is 11.8 Å². The molecule has 0 saturated carbocycles. The van der Waals surface area contributed by atoms with Crippen LogP contribution in [0.3, 0.4) is 0 Å². The average Bonchev–Trinajstić information content (AvgIpc) is 1.97. The lowest BCUT2D eigenvalue weighted by molar-refractivity contribution is -0.135. The van der Waals surface area contributed by atoms with Gasteiger partial charge in [-0.25, -0.2) is 0 Å². The minimum atomic E-state index is -4.01. The number of hydrogen-bond donors (Lipinski definition) is 2. The molecule has 15 heavy (non-hydrogen) atoms. The Labute approximate surface area is 88.6 Å². The third kappa shape index (κ3) is 5.37. The number of alkyl halides is 3. The lowest BCUT2D eigenvalue weighted by atomic mass is 9.89. The molecule has 0 amide bonds. The average molecular weight is 224 g/mol. The fourth-order valence-electron chi connectivity index (χ4n) is 1.62. The van der Waals surface area contributed by atoms with Crippen molar-refractivity contribution in [3.63, 3.8) is 0 Å². The van der Waals surface area contributed by atoms with Crippen molar-refractivity contribution in [1.29, 1.82) is 0 Å². The molecular formula is C10H19F3N2. The second-order valence-corrected chi connectivity index (χ2v) is 4.32. The topological polar surface area (TPSA) is 24.1 Å². The highest BCUT2D eigenvalue weighted by atomic mass is 19.4. The quantitative estimate of drug-likeness (QED) is 0.672. The number of hydrogen-bond acceptors (Lipinski definition) is 2. The Morgan fingerprint density at radius 3 is 2.53 bits per heavy atom. The fraction of sp³-hybridized carbons (Fsp3) is 1.00. The molecule has 0 aromatic carbocycles. The van der Waals surface area contributed by atoms with Gasteiger partial charge in [-0.1, -0.05) is 6.92 Å². The summed E-state index contributed by atoms with van der Waals surface area (Å²) in [6, 6.07) is 0. The molecule has 90 valence electrons. The number of rotatable bonds is 6. The molecule has 1 saturated heterocycles. The Morgan fingerprint density at radius 1 is 1.40 bits per heavy atom. The summed E-state index contributed by atoms with van der Waals surface area (Å²) >= 11 is 0. The highest BCUT2D eigenvalue weighted by Crippen LogP contribution is 2.20. The third-order valence-corrected chi connectivity index (χ3v) is 2.90. The molecule has 0 aromatic heterocycles. The molecule has 5 heteroatoms. The molecule has 0 aliphatic carbocycles. The Hall–Kier alpha value is -0.290. The van der Waals surface area contributed by atoms with Gasteiger partial charge in [-0.2, -0.15) is 13.2 Å². The van der Waals surface area contributed by atoms with Crippen LogP contribution in [0.5, 0.6) is 0 Å². The first-order chi connectivity index (χ1) is 6.99. The van der Waals surface area contributed by atoms with Crippen LogP contribution in [-0.4, -0.2) is 32.4 Å². The molecule has 1 fully saturated rings. The molecule has 1 heterocycles. The van der Waals surface area contributed by atoms with E-state index in [-0.39, 0.29) is 6.42 Å². The zero-order chi connectivity index (χ0) is 11.3. The van der Waals surface area contributed by atoms with Crippen molar-refractivity contribution in [1.82, 2.24) is 10.6 Å². The molecule has 2 N–H and O–H groups in total.